The van der Waals surface area contributed by atoms with Crippen molar-refractivity contribution in [3.05, 3.63) is 46.4 Å². The van der Waals surface area contributed by atoms with Crippen LogP contribution in [-0.2, 0) is 0 Å². The van der Waals surface area contributed by atoms with Crippen molar-refractivity contribution in [3.63, 3.8) is 0 Å². The quantitative estimate of drug-likeness (QED) is 0.853. The summed E-state index contributed by atoms with van der Waals surface area (Å²) in [4.78, 5) is 30.3. The Kier molecular flexibility index (Phi) is 4.47. The van der Waals surface area contributed by atoms with E-state index in [0.29, 0.717) is 10.6 Å². The predicted octanol–water partition coefficient (Wildman–Crippen LogP) is 1.82. The monoisotopic (exact) mass is 289 g/mol. The maximum Gasteiger partial charge on any atom is 0.270 e. The van der Waals surface area contributed by atoms with E-state index >= 15 is 0 Å². The number of carbonyl (C=O) groups is 2. The molecule has 2 aromatic rings. The normalized spacial score (nSPS) is 10.1. The highest BCUT2D eigenvalue weighted by atomic mass is 32.1. The average Bonchev–Trinajstić information content (AvgIpc) is 2.98. The van der Waals surface area contributed by atoms with Gasteiger partial charge in [0.1, 0.15) is 5.69 Å². The van der Waals surface area contributed by atoms with Crippen molar-refractivity contribution < 1.29 is 9.59 Å². The number of hydrogen-bond donors (Lipinski definition) is 1. The van der Waals surface area contributed by atoms with Crippen LogP contribution in [0.2, 0.25) is 0 Å². The number of amides is 1. The van der Waals surface area contributed by atoms with Gasteiger partial charge < -0.3 is 10.2 Å². The molecule has 0 aromatic carbocycles. The first-order valence-corrected chi connectivity index (χ1v) is 6.94. The highest BCUT2D eigenvalue weighted by Gasteiger charge is 2.12. The van der Waals surface area contributed by atoms with Gasteiger partial charge in [-0.25, -0.2) is 0 Å². The lowest BCUT2D eigenvalue weighted by Crippen LogP contribution is -2.30. The van der Waals surface area contributed by atoms with Crippen molar-refractivity contribution in [3.8, 4) is 0 Å². The molecule has 0 aliphatic carbocycles. The Morgan fingerprint density at radius 1 is 1.35 bits per heavy atom. The molecule has 0 spiro atoms. The number of thiophene rings is 1. The molecular formula is C14H15N3O2S. The maximum absolute atomic E-state index is 12.0. The van der Waals surface area contributed by atoms with Crippen molar-refractivity contribution in [1.82, 2.24) is 10.3 Å². The Morgan fingerprint density at radius 3 is 2.80 bits per heavy atom. The fraction of sp³-hybridized carbons (Fsp3) is 0.214. The van der Waals surface area contributed by atoms with Crippen LogP contribution >= 0.6 is 11.3 Å². The zero-order valence-corrected chi connectivity index (χ0v) is 12.1. The van der Waals surface area contributed by atoms with Crippen LogP contribution in [0, 0.1) is 0 Å². The topological polar surface area (TPSA) is 62.3 Å². The van der Waals surface area contributed by atoms with Gasteiger partial charge in [0.2, 0.25) is 0 Å². The Labute approximate surface area is 121 Å². The van der Waals surface area contributed by atoms with Gasteiger partial charge in [-0.3, -0.25) is 14.6 Å². The van der Waals surface area contributed by atoms with Gasteiger partial charge in [-0.15, -0.1) is 11.3 Å². The van der Waals surface area contributed by atoms with E-state index in [0.717, 1.165) is 5.69 Å². The van der Waals surface area contributed by atoms with E-state index in [2.05, 4.69) is 10.3 Å². The number of ketones is 1. The van der Waals surface area contributed by atoms with Crippen molar-refractivity contribution in [2.75, 3.05) is 25.5 Å². The fourth-order valence-electron chi connectivity index (χ4n) is 1.60. The summed E-state index contributed by atoms with van der Waals surface area (Å²) < 4.78 is 0. The predicted molar refractivity (Wildman–Crippen MR) is 79.5 cm³/mol. The van der Waals surface area contributed by atoms with Gasteiger partial charge in [0.05, 0.1) is 11.4 Å². The molecule has 20 heavy (non-hydrogen) atoms. The Hall–Kier alpha value is -2.21. The molecule has 0 saturated heterocycles. The summed E-state index contributed by atoms with van der Waals surface area (Å²) in [6, 6.07) is 7.05. The van der Waals surface area contributed by atoms with E-state index < -0.39 is 0 Å². The third kappa shape index (κ3) is 3.42. The molecule has 0 radical (unpaired) electrons. The van der Waals surface area contributed by atoms with Gasteiger partial charge >= 0.3 is 0 Å². The molecule has 0 fully saturated rings. The molecular weight excluding hydrogens is 274 g/mol. The van der Waals surface area contributed by atoms with E-state index in [4.69, 9.17) is 0 Å². The molecule has 0 atom stereocenters. The molecule has 2 heterocycles. The summed E-state index contributed by atoms with van der Waals surface area (Å²) in [5.41, 5.74) is 1.19. The maximum atomic E-state index is 12.0. The van der Waals surface area contributed by atoms with Crippen LogP contribution < -0.4 is 10.2 Å². The zero-order chi connectivity index (χ0) is 14.5. The van der Waals surface area contributed by atoms with E-state index in [1.54, 1.807) is 18.3 Å². The molecule has 0 bridgehead atoms. The minimum Gasteiger partial charge on any atom is -0.378 e. The van der Waals surface area contributed by atoms with E-state index in [-0.39, 0.29) is 18.2 Å². The van der Waals surface area contributed by atoms with Crippen molar-refractivity contribution >= 4 is 28.7 Å². The van der Waals surface area contributed by atoms with Crippen molar-refractivity contribution in [2.45, 2.75) is 0 Å². The first-order valence-electron chi connectivity index (χ1n) is 6.06. The summed E-state index contributed by atoms with van der Waals surface area (Å²) >= 11 is 1.36. The zero-order valence-electron chi connectivity index (χ0n) is 11.3. The van der Waals surface area contributed by atoms with Crippen LogP contribution in [0.25, 0.3) is 0 Å². The largest absolute Gasteiger partial charge is 0.378 e. The number of pyridine rings is 1. The fourth-order valence-corrected chi connectivity index (χ4v) is 2.26. The average molecular weight is 289 g/mol. The minimum absolute atomic E-state index is 0.0206. The summed E-state index contributed by atoms with van der Waals surface area (Å²) in [5, 5.41) is 4.42. The number of nitrogens with one attached hydrogen (secondary N) is 1. The van der Waals surface area contributed by atoms with Crippen LogP contribution in [0.15, 0.2) is 35.8 Å². The van der Waals surface area contributed by atoms with E-state index in [1.165, 1.54) is 11.3 Å². The number of anilines is 1. The Morgan fingerprint density at radius 2 is 2.15 bits per heavy atom. The Bertz CT molecular complexity index is 609. The van der Waals surface area contributed by atoms with Crippen LogP contribution in [0.3, 0.4) is 0 Å². The lowest BCUT2D eigenvalue weighted by Gasteiger charge is -2.12. The number of hydrogen-bond acceptors (Lipinski definition) is 5. The molecule has 2 rings (SSSR count). The third-order valence-corrected chi connectivity index (χ3v) is 3.61. The number of carbonyl (C=O) groups excluding carboxylic acids is 2. The molecule has 0 unspecified atom stereocenters. The minimum atomic E-state index is -0.349. The molecule has 1 N–H and O–H groups in total. The highest BCUT2D eigenvalue weighted by molar-refractivity contribution is 7.12. The lowest BCUT2D eigenvalue weighted by molar-refractivity contribution is 0.0902. The van der Waals surface area contributed by atoms with Crippen LogP contribution in [0.1, 0.15) is 20.2 Å². The molecule has 0 aliphatic rings. The van der Waals surface area contributed by atoms with Crippen molar-refractivity contribution in [1.29, 1.82) is 0 Å². The second-order valence-corrected chi connectivity index (χ2v) is 5.32. The number of aromatic nitrogens is 1. The van der Waals surface area contributed by atoms with Crippen LogP contribution in [-0.4, -0.2) is 37.3 Å². The first-order chi connectivity index (χ1) is 9.58. The summed E-state index contributed by atoms with van der Waals surface area (Å²) in [7, 11) is 3.77. The van der Waals surface area contributed by atoms with Crippen molar-refractivity contribution in [2.24, 2.45) is 0 Å². The van der Waals surface area contributed by atoms with Crippen LogP contribution in [0.4, 0.5) is 5.69 Å². The molecule has 5 nitrogen and oxygen atoms in total. The van der Waals surface area contributed by atoms with E-state index in [1.807, 2.05) is 36.5 Å². The SMILES string of the molecule is CN(C)c1ccnc(C(=O)NCC(=O)c2cccs2)c1. The third-order valence-electron chi connectivity index (χ3n) is 2.70. The van der Waals surface area contributed by atoms with Gasteiger partial charge in [0, 0.05) is 26.0 Å². The van der Waals surface area contributed by atoms with Gasteiger partial charge in [-0.05, 0) is 23.6 Å². The smallest absolute Gasteiger partial charge is 0.270 e. The second-order valence-electron chi connectivity index (χ2n) is 4.38. The standard InChI is InChI=1S/C14H15N3O2S/c1-17(2)10-5-6-15-11(8-10)14(19)16-9-12(18)13-4-3-7-20-13/h3-8H,9H2,1-2H3,(H,16,19). The molecule has 104 valence electrons. The number of Topliss-reactive ketones (excluding diaryl/α,β-unsaturated/α-hetero) is 1. The first kappa shape index (κ1) is 14.2. The Balaban J connectivity index is 1.98. The summed E-state index contributed by atoms with van der Waals surface area (Å²) in [6.07, 6.45) is 1.57. The van der Waals surface area contributed by atoms with Gasteiger partial charge in [0.25, 0.3) is 5.91 Å². The number of rotatable bonds is 5. The highest BCUT2D eigenvalue weighted by Crippen LogP contribution is 2.11. The number of nitrogens with zero attached hydrogens (tertiary/aromatic N) is 2. The van der Waals surface area contributed by atoms with Crippen LogP contribution in [0.5, 0.6) is 0 Å². The van der Waals surface area contributed by atoms with Gasteiger partial charge in [-0.2, -0.15) is 0 Å². The van der Waals surface area contributed by atoms with Gasteiger partial charge in [-0.1, -0.05) is 6.07 Å². The lowest BCUT2D eigenvalue weighted by atomic mass is 10.2. The summed E-state index contributed by atoms with van der Waals surface area (Å²) in [5.74, 6) is -0.448. The molecule has 1 amide bonds. The molecule has 2 aromatic heterocycles. The molecule has 0 aliphatic heterocycles. The van der Waals surface area contributed by atoms with E-state index in [9.17, 15) is 9.59 Å². The summed E-state index contributed by atoms with van der Waals surface area (Å²) in [6.45, 7) is -0.0206. The van der Waals surface area contributed by atoms with Gasteiger partial charge in [0.15, 0.2) is 5.78 Å². The molecule has 0 saturated carbocycles. The second kappa shape index (κ2) is 6.29. The molecule has 6 heteroatoms.